The Morgan fingerprint density at radius 2 is 1.68 bits per heavy atom. The third kappa shape index (κ3) is 6.12. The molecule has 9 nitrogen and oxygen atoms in total. The molecule has 0 unspecified atom stereocenters. The number of ether oxygens (including phenoxy) is 4. The van der Waals surface area contributed by atoms with Gasteiger partial charge in [0.25, 0.3) is 11.5 Å². The van der Waals surface area contributed by atoms with E-state index in [1.165, 1.54) is 18.2 Å². The average molecular weight is 469 g/mol. The van der Waals surface area contributed by atoms with Crippen molar-refractivity contribution in [3.63, 3.8) is 0 Å². The predicted molar refractivity (Wildman–Crippen MR) is 123 cm³/mol. The Labute approximate surface area is 197 Å². The number of hydrogen-bond acceptors (Lipinski definition) is 8. The zero-order valence-electron chi connectivity index (χ0n) is 19.4. The van der Waals surface area contributed by atoms with E-state index in [2.05, 4.69) is 0 Å². The Morgan fingerprint density at radius 3 is 2.26 bits per heavy atom. The normalized spacial score (nSPS) is 17.6. The van der Waals surface area contributed by atoms with Crippen LogP contribution in [0.5, 0.6) is 11.5 Å². The number of rotatable bonds is 10. The van der Waals surface area contributed by atoms with Gasteiger partial charge in [0, 0.05) is 25.5 Å². The molecule has 1 saturated heterocycles. The Kier molecular flexibility index (Phi) is 7.88. The van der Waals surface area contributed by atoms with Gasteiger partial charge in [0.1, 0.15) is 12.2 Å². The number of carbonyl (C=O) groups excluding carboxylic acids is 2. The molecule has 0 N–H and O–H groups in total. The van der Waals surface area contributed by atoms with Gasteiger partial charge in [-0.15, -0.1) is 0 Å². The Bertz CT molecular complexity index is 1070. The first-order valence-corrected chi connectivity index (χ1v) is 11.1. The molecule has 0 aliphatic carbocycles. The van der Waals surface area contributed by atoms with Crippen LogP contribution in [-0.2, 0) is 25.7 Å². The van der Waals surface area contributed by atoms with Crippen LogP contribution in [0, 0.1) is 10.1 Å². The van der Waals surface area contributed by atoms with E-state index in [0.717, 1.165) is 18.4 Å². The summed E-state index contributed by atoms with van der Waals surface area (Å²) >= 11 is 0. The molecular formula is C25H27NO8. The van der Waals surface area contributed by atoms with Crippen LogP contribution in [-0.4, -0.2) is 29.3 Å². The molecule has 0 radical (unpaired) electrons. The van der Waals surface area contributed by atoms with Crippen LogP contribution in [0.1, 0.15) is 51.2 Å². The van der Waals surface area contributed by atoms with E-state index in [1.807, 2.05) is 13.8 Å². The molecule has 0 aromatic heterocycles. The molecule has 9 heteroatoms. The van der Waals surface area contributed by atoms with Gasteiger partial charge in [0.2, 0.25) is 0 Å². The van der Waals surface area contributed by atoms with Crippen molar-refractivity contribution < 1.29 is 33.5 Å². The first-order chi connectivity index (χ1) is 16.2. The van der Waals surface area contributed by atoms with Crippen molar-refractivity contribution in [2.24, 2.45) is 0 Å². The van der Waals surface area contributed by atoms with Gasteiger partial charge >= 0.3 is 11.9 Å². The molecule has 34 heavy (non-hydrogen) atoms. The van der Waals surface area contributed by atoms with Gasteiger partial charge in [-0.3, -0.25) is 10.1 Å². The van der Waals surface area contributed by atoms with Crippen LogP contribution < -0.4 is 9.47 Å². The lowest BCUT2D eigenvalue weighted by Crippen LogP contribution is -2.44. The molecule has 1 aliphatic heterocycles. The SMILES string of the molecule is CCCCC1(C)OC(=O)C(=Cc2ccc(OCc3ccc([N+](=O)[O-])cc3)c(OCC)c2)C(=O)O1. The second-order valence-corrected chi connectivity index (χ2v) is 7.93. The molecule has 2 aromatic carbocycles. The molecule has 1 aliphatic rings. The van der Waals surface area contributed by atoms with Crippen molar-refractivity contribution in [1.82, 2.24) is 0 Å². The smallest absolute Gasteiger partial charge is 0.348 e. The van der Waals surface area contributed by atoms with Gasteiger partial charge in [-0.25, -0.2) is 9.59 Å². The van der Waals surface area contributed by atoms with Gasteiger partial charge in [0.05, 0.1) is 11.5 Å². The summed E-state index contributed by atoms with van der Waals surface area (Å²) in [6.45, 7) is 5.94. The van der Waals surface area contributed by atoms with E-state index < -0.39 is 22.6 Å². The molecule has 0 amide bonds. The van der Waals surface area contributed by atoms with Gasteiger partial charge in [-0.05, 0) is 54.8 Å². The van der Waals surface area contributed by atoms with Gasteiger partial charge in [-0.1, -0.05) is 19.4 Å². The van der Waals surface area contributed by atoms with Gasteiger partial charge in [0.15, 0.2) is 11.5 Å². The minimum atomic E-state index is -1.26. The lowest BCUT2D eigenvalue weighted by molar-refractivity contribution is -0.384. The summed E-state index contributed by atoms with van der Waals surface area (Å²) in [4.78, 5) is 35.3. The van der Waals surface area contributed by atoms with Crippen LogP contribution in [0.2, 0.25) is 0 Å². The standard InChI is InChI=1S/C25H27NO8/c1-4-6-13-25(3)33-23(27)20(24(28)34-25)14-18-9-12-21(22(15-18)31-5-2)32-16-17-7-10-19(11-8-17)26(29)30/h7-12,14-15H,4-6,13,16H2,1-3H3. The van der Waals surface area contributed by atoms with E-state index >= 15 is 0 Å². The number of benzene rings is 2. The molecule has 2 aromatic rings. The summed E-state index contributed by atoms with van der Waals surface area (Å²) in [7, 11) is 0. The van der Waals surface area contributed by atoms with Crippen LogP contribution in [0.4, 0.5) is 5.69 Å². The number of nitro benzene ring substituents is 1. The molecule has 0 spiro atoms. The fourth-order valence-electron chi connectivity index (χ4n) is 3.37. The van der Waals surface area contributed by atoms with Gasteiger partial charge < -0.3 is 18.9 Å². The molecule has 1 fully saturated rings. The second-order valence-electron chi connectivity index (χ2n) is 7.93. The Balaban J connectivity index is 1.75. The van der Waals surface area contributed by atoms with Crippen molar-refractivity contribution in [2.45, 2.75) is 52.4 Å². The fourth-order valence-corrected chi connectivity index (χ4v) is 3.37. The first-order valence-electron chi connectivity index (χ1n) is 11.1. The number of non-ortho nitro benzene ring substituents is 1. The van der Waals surface area contributed by atoms with E-state index in [9.17, 15) is 19.7 Å². The maximum Gasteiger partial charge on any atom is 0.348 e. The van der Waals surface area contributed by atoms with Crippen molar-refractivity contribution in [3.05, 3.63) is 69.3 Å². The summed E-state index contributed by atoms with van der Waals surface area (Å²) in [5.74, 6) is -1.85. The monoisotopic (exact) mass is 469 g/mol. The van der Waals surface area contributed by atoms with Crippen LogP contribution in [0.3, 0.4) is 0 Å². The Hall–Kier alpha value is -3.88. The van der Waals surface area contributed by atoms with E-state index in [4.69, 9.17) is 18.9 Å². The molecule has 180 valence electrons. The number of hydrogen-bond donors (Lipinski definition) is 0. The number of carbonyl (C=O) groups is 2. The highest BCUT2D eigenvalue weighted by Crippen LogP contribution is 2.32. The topological polar surface area (TPSA) is 114 Å². The Morgan fingerprint density at radius 1 is 1.00 bits per heavy atom. The quantitative estimate of drug-likeness (QED) is 0.158. The molecule has 1 heterocycles. The van der Waals surface area contributed by atoms with E-state index in [0.29, 0.717) is 30.1 Å². The summed E-state index contributed by atoms with van der Waals surface area (Å²) in [5, 5.41) is 10.8. The highest BCUT2D eigenvalue weighted by molar-refractivity contribution is 6.18. The number of unbranched alkanes of at least 4 members (excludes halogenated alkanes) is 1. The minimum absolute atomic E-state index is 0.00147. The van der Waals surface area contributed by atoms with Crippen LogP contribution in [0.15, 0.2) is 48.0 Å². The molecule has 0 saturated carbocycles. The summed E-state index contributed by atoms with van der Waals surface area (Å²) < 4.78 is 22.3. The minimum Gasteiger partial charge on any atom is -0.490 e. The number of esters is 2. The lowest BCUT2D eigenvalue weighted by atomic mass is 10.1. The van der Waals surface area contributed by atoms with E-state index in [-0.39, 0.29) is 17.9 Å². The lowest BCUT2D eigenvalue weighted by Gasteiger charge is -2.33. The first kappa shape index (κ1) is 24.8. The average Bonchev–Trinajstić information content (AvgIpc) is 2.80. The number of cyclic esters (lactones) is 2. The number of nitro groups is 1. The van der Waals surface area contributed by atoms with Gasteiger partial charge in [-0.2, -0.15) is 0 Å². The van der Waals surface area contributed by atoms with E-state index in [1.54, 1.807) is 37.3 Å². The van der Waals surface area contributed by atoms with Crippen molar-refractivity contribution >= 4 is 23.7 Å². The zero-order valence-corrected chi connectivity index (χ0v) is 19.4. The summed E-state index contributed by atoms with van der Waals surface area (Å²) in [5.41, 5.74) is 1.09. The van der Waals surface area contributed by atoms with Crippen molar-refractivity contribution in [3.8, 4) is 11.5 Å². The third-order valence-electron chi connectivity index (χ3n) is 5.16. The molecular weight excluding hydrogens is 442 g/mol. The maximum atomic E-state index is 12.5. The fraction of sp³-hybridized carbons (Fsp3) is 0.360. The summed E-state index contributed by atoms with van der Waals surface area (Å²) in [6.07, 6.45) is 3.47. The molecule has 0 bridgehead atoms. The zero-order chi connectivity index (χ0) is 24.7. The highest BCUT2D eigenvalue weighted by Gasteiger charge is 2.41. The highest BCUT2D eigenvalue weighted by atomic mass is 16.7. The van der Waals surface area contributed by atoms with Crippen LogP contribution >= 0.6 is 0 Å². The second kappa shape index (κ2) is 10.8. The predicted octanol–water partition coefficient (Wildman–Crippen LogP) is 4.96. The molecule has 0 atom stereocenters. The maximum absolute atomic E-state index is 12.5. The van der Waals surface area contributed by atoms with Crippen molar-refractivity contribution in [2.75, 3.05) is 6.61 Å². The summed E-state index contributed by atoms with van der Waals surface area (Å²) in [6, 6.07) is 11.0. The largest absolute Gasteiger partial charge is 0.490 e. The third-order valence-corrected chi connectivity index (χ3v) is 5.16. The molecule has 3 rings (SSSR count). The van der Waals surface area contributed by atoms with Crippen molar-refractivity contribution in [1.29, 1.82) is 0 Å². The number of nitrogens with zero attached hydrogens (tertiary/aromatic N) is 1. The van der Waals surface area contributed by atoms with Crippen LogP contribution in [0.25, 0.3) is 6.08 Å².